The molecule has 5 nitrogen and oxygen atoms in total. The topological polar surface area (TPSA) is 67.8 Å². The summed E-state index contributed by atoms with van der Waals surface area (Å²) < 4.78 is 1.00. The molecule has 0 radical (unpaired) electrons. The van der Waals surface area contributed by atoms with Crippen molar-refractivity contribution in [1.29, 1.82) is 0 Å². The fourth-order valence-electron chi connectivity index (χ4n) is 2.47. The molecule has 2 aromatic heterocycles. The van der Waals surface area contributed by atoms with Gasteiger partial charge in [-0.3, -0.25) is 4.79 Å². The van der Waals surface area contributed by atoms with E-state index in [1.165, 1.54) is 0 Å². The molecule has 1 amide bonds. The molecule has 0 unspecified atom stereocenters. The van der Waals surface area contributed by atoms with Crippen molar-refractivity contribution in [3.8, 4) is 11.4 Å². The molecule has 0 aliphatic carbocycles. The van der Waals surface area contributed by atoms with Crippen LogP contribution in [0.15, 0.2) is 81.6 Å². The van der Waals surface area contributed by atoms with Gasteiger partial charge in [-0.15, -0.1) is 11.3 Å². The van der Waals surface area contributed by atoms with Gasteiger partial charge in [0, 0.05) is 39.6 Å². The van der Waals surface area contributed by atoms with Gasteiger partial charge in [-0.1, -0.05) is 42.1 Å². The van der Waals surface area contributed by atoms with Crippen LogP contribution in [0.2, 0.25) is 0 Å². The van der Waals surface area contributed by atoms with Gasteiger partial charge in [-0.25, -0.2) is 15.0 Å². The molecule has 0 spiro atoms. The Morgan fingerprint density at radius 1 is 1.00 bits per heavy atom. The minimum Gasteiger partial charge on any atom is -0.322 e. The average molecular weight is 405 g/mol. The molecule has 0 fully saturated rings. The number of aromatic nitrogens is 3. The van der Waals surface area contributed by atoms with E-state index in [4.69, 9.17) is 0 Å². The SMILES string of the molecule is Cc1csc(Sc2ccc(NC(=O)c3cnc(-c4ccccc4)nc3)cc2)n1. The molecule has 2 heterocycles. The Hall–Kier alpha value is -3.03. The van der Waals surface area contributed by atoms with E-state index in [0.717, 1.165) is 26.2 Å². The van der Waals surface area contributed by atoms with Crippen molar-refractivity contribution in [2.24, 2.45) is 0 Å². The average Bonchev–Trinajstić information content (AvgIpc) is 3.15. The Morgan fingerprint density at radius 2 is 1.71 bits per heavy atom. The first kappa shape index (κ1) is 18.3. The van der Waals surface area contributed by atoms with E-state index in [2.05, 4.69) is 20.3 Å². The summed E-state index contributed by atoms with van der Waals surface area (Å²) in [6.45, 7) is 1.98. The molecule has 0 saturated carbocycles. The summed E-state index contributed by atoms with van der Waals surface area (Å²) in [6, 6.07) is 17.3. The number of anilines is 1. The highest BCUT2D eigenvalue weighted by Crippen LogP contribution is 2.30. The van der Waals surface area contributed by atoms with Crippen LogP contribution in [0.5, 0.6) is 0 Å². The third-order valence-electron chi connectivity index (χ3n) is 3.86. The second-order valence-corrected chi connectivity index (χ2v) is 8.18. The van der Waals surface area contributed by atoms with Crippen molar-refractivity contribution in [2.45, 2.75) is 16.2 Å². The number of carbonyl (C=O) groups is 1. The van der Waals surface area contributed by atoms with Gasteiger partial charge in [-0.05, 0) is 31.2 Å². The van der Waals surface area contributed by atoms with Crippen molar-refractivity contribution in [3.05, 3.63) is 83.6 Å². The van der Waals surface area contributed by atoms with Crippen molar-refractivity contribution >= 4 is 34.7 Å². The maximum Gasteiger partial charge on any atom is 0.258 e. The fourth-order valence-corrected chi connectivity index (χ4v) is 4.28. The Kier molecular flexibility index (Phi) is 5.45. The molecule has 138 valence electrons. The van der Waals surface area contributed by atoms with Crippen molar-refractivity contribution in [1.82, 2.24) is 15.0 Å². The van der Waals surface area contributed by atoms with Crippen LogP contribution in [0.1, 0.15) is 16.1 Å². The minimum absolute atomic E-state index is 0.240. The molecule has 7 heteroatoms. The monoisotopic (exact) mass is 404 g/mol. The second-order valence-electron chi connectivity index (χ2n) is 6.00. The number of aryl methyl sites for hydroxylation is 1. The van der Waals surface area contributed by atoms with Gasteiger partial charge in [0.15, 0.2) is 10.2 Å². The van der Waals surface area contributed by atoms with Gasteiger partial charge >= 0.3 is 0 Å². The number of carbonyl (C=O) groups excluding carboxylic acids is 1. The number of hydrogen-bond donors (Lipinski definition) is 1. The highest BCUT2D eigenvalue weighted by atomic mass is 32.2. The number of nitrogens with one attached hydrogen (secondary N) is 1. The second kappa shape index (κ2) is 8.33. The number of rotatable bonds is 5. The van der Waals surface area contributed by atoms with Crippen LogP contribution in [0, 0.1) is 6.92 Å². The smallest absolute Gasteiger partial charge is 0.258 e. The van der Waals surface area contributed by atoms with Crippen molar-refractivity contribution in [3.63, 3.8) is 0 Å². The van der Waals surface area contributed by atoms with Crippen molar-refractivity contribution in [2.75, 3.05) is 5.32 Å². The molecule has 2 aromatic carbocycles. The predicted octanol–water partition coefficient (Wildman–Crippen LogP) is 5.31. The molecule has 1 N–H and O–H groups in total. The molecular weight excluding hydrogens is 388 g/mol. The lowest BCUT2D eigenvalue weighted by Crippen LogP contribution is -2.12. The van der Waals surface area contributed by atoms with Crippen LogP contribution in [0.4, 0.5) is 5.69 Å². The summed E-state index contributed by atoms with van der Waals surface area (Å²) in [5, 5.41) is 4.90. The van der Waals surface area contributed by atoms with E-state index in [1.54, 1.807) is 35.5 Å². The highest BCUT2D eigenvalue weighted by molar-refractivity contribution is 8.01. The minimum atomic E-state index is -0.240. The zero-order valence-corrected chi connectivity index (χ0v) is 16.6. The Balaban J connectivity index is 1.40. The Labute approximate surface area is 170 Å². The molecule has 0 saturated heterocycles. The Morgan fingerprint density at radius 3 is 2.36 bits per heavy atom. The van der Waals surface area contributed by atoms with Crippen LogP contribution in [-0.2, 0) is 0 Å². The van der Waals surface area contributed by atoms with Crippen LogP contribution in [0.3, 0.4) is 0 Å². The maximum absolute atomic E-state index is 12.4. The van der Waals surface area contributed by atoms with Crippen LogP contribution < -0.4 is 5.32 Å². The number of nitrogens with zero attached hydrogens (tertiary/aromatic N) is 3. The van der Waals surface area contributed by atoms with E-state index in [9.17, 15) is 4.79 Å². The standard InChI is InChI=1S/C21H16N4OS2/c1-14-13-27-21(24-14)28-18-9-7-17(8-10-18)25-20(26)16-11-22-19(23-12-16)15-5-3-2-4-6-15/h2-13H,1H3,(H,25,26). The van der Waals surface area contributed by atoms with Gasteiger partial charge in [0.25, 0.3) is 5.91 Å². The zero-order valence-electron chi connectivity index (χ0n) is 15.0. The molecule has 0 aliphatic rings. The van der Waals surface area contributed by atoms with E-state index < -0.39 is 0 Å². The fraction of sp³-hybridized carbons (Fsp3) is 0.0476. The van der Waals surface area contributed by atoms with Gasteiger partial charge < -0.3 is 5.32 Å². The van der Waals surface area contributed by atoms with E-state index in [-0.39, 0.29) is 5.91 Å². The summed E-state index contributed by atoms with van der Waals surface area (Å²) in [4.78, 5) is 26.5. The normalized spacial score (nSPS) is 10.6. The molecule has 0 aliphatic heterocycles. The molecule has 4 rings (SSSR count). The number of hydrogen-bond acceptors (Lipinski definition) is 6. The van der Waals surface area contributed by atoms with E-state index >= 15 is 0 Å². The number of amides is 1. The van der Waals surface area contributed by atoms with Gasteiger partial charge in [0.2, 0.25) is 0 Å². The van der Waals surface area contributed by atoms with Gasteiger partial charge in [0.1, 0.15) is 0 Å². The first-order valence-electron chi connectivity index (χ1n) is 8.56. The van der Waals surface area contributed by atoms with Gasteiger partial charge in [-0.2, -0.15) is 0 Å². The Bertz CT molecular complexity index is 1080. The third-order valence-corrected chi connectivity index (χ3v) is 5.93. The van der Waals surface area contributed by atoms with E-state index in [1.807, 2.05) is 66.9 Å². The summed E-state index contributed by atoms with van der Waals surface area (Å²) in [5.41, 5.74) is 3.07. The maximum atomic E-state index is 12.4. The number of thiazole rings is 1. The lowest BCUT2D eigenvalue weighted by Gasteiger charge is -2.06. The molecule has 0 atom stereocenters. The largest absolute Gasteiger partial charge is 0.322 e. The zero-order chi connectivity index (χ0) is 19.3. The molecule has 0 bridgehead atoms. The summed E-state index contributed by atoms with van der Waals surface area (Å²) in [7, 11) is 0. The molecule has 28 heavy (non-hydrogen) atoms. The quantitative estimate of drug-likeness (QED) is 0.488. The molecular formula is C21H16N4OS2. The summed E-state index contributed by atoms with van der Waals surface area (Å²) in [6.07, 6.45) is 3.08. The van der Waals surface area contributed by atoms with Crippen LogP contribution in [-0.4, -0.2) is 20.9 Å². The van der Waals surface area contributed by atoms with Crippen molar-refractivity contribution < 1.29 is 4.79 Å². The lowest BCUT2D eigenvalue weighted by molar-refractivity contribution is 0.102. The summed E-state index contributed by atoms with van der Waals surface area (Å²) in [5.74, 6) is 0.353. The van der Waals surface area contributed by atoms with Crippen LogP contribution >= 0.6 is 23.1 Å². The summed E-state index contributed by atoms with van der Waals surface area (Å²) >= 11 is 3.23. The first-order valence-corrected chi connectivity index (χ1v) is 10.3. The molecule has 4 aromatic rings. The van der Waals surface area contributed by atoms with Gasteiger partial charge in [0.05, 0.1) is 5.56 Å². The third kappa shape index (κ3) is 4.44. The lowest BCUT2D eigenvalue weighted by atomic mass is 10.2. The first-order chi connectivity index (χ1) is 13.7. The number of benzene rings is 2. The van der Waals surface area contributed by atoms with E-state index in [0.29, 0.717) is 11.4 Å². The highest BCUT2D eigenvalue weighted by Gasteiger charge is 2.09. The van der Waals surface area contributed by atoms with Crippen LogP contribution in [0.25, 0.3) is 11.4 Å². The predicted molar refractivity (Wildman–Crippen MR) is 113 cm³/mol.